The summed E-state index contributed by atoms with van der Waals surface area (Å²) >= 11 is 0. The predicted molar refractivity (Wildman–Crippen MR) is 127 cm³/mol. The second-order valence-electron chi connectivity index (χ2n) is 9.31. The number of nitrogens with zero attached hydrogens (tertiary/aromatic N) is 2. The van der Waals surface area contributed by atoms with Gasteiger partial charge in [0.15, 0.2) is 0 Å². The van der Waals surface area contributed by atoms with E-state index in [1.54, 1.807) is 6.07 Å². The summed E-state index contributed by atoms with van der Waals surface area (Å²) in [6, 6.07) is 21.9. The van der Waals surface area contributed by atoms with Crippen LogP contribution in [-0.4, -0.2) is 40.4 Å². The van der Waals surface area contributed by atoms with Crippen LogP contribution in [0.1, 0.15) is 51.4 Å². The van der Waals surface area contributed by atoms with Crippen molar-refractivity contribution in [2.75, 3.05) is 11.6 Å². The van der Waals surface area contributed by atoms with Crippen molar-refractivity contribution in [2.24, 2.45) is 11.8 Å². The Morgan fingerprint density at radius 1 is 0.800 bits per heavy atom. The van der Waals surface area contributed by atoms with Crippen molar-refractivity contribution in [1.29, 1.82) is 0 Å². The number of anilines is 1. The molecule has 35 heavy (non-hydrogen) atoms. The molecule has 1 aliphatic heterocycles. The number of benzene rings is 3. The van der Waals surface area contributed by atoms with Crippen LogP contribution in [0, 0.1) is 11.8 Å². The Bertz CT molecular complexity index is 1310. The molecule has 0 radical (unpaired) electrons. The van der Waals surface area contributed by atoms with Crippen molar-refractivity contribution in [3.05, 3.63) is 101 Å². The Hall–Kier alpha value is -4.26. The first-order valence-corrected chi connectivity index (χ1v) is 11.5. The first-order chi connectivity index (χ1) is 16.9. The zero-order chi connectivity index (χ0) is 24.4. The van der Waals surface area contributed by atoms with E-state index >= 15 is 0 Å². The van der Waals surface area contributed by atoms with Gasteiger partial charge in [0.05, 0.1) is 17.4 Å². The molecule has 0 unspecified atom stereocenters. The number of carboxylic acid groups (broad SMARTS) is 1. The monoisotopic (exact) mass is 466 g/mol. The Morgan fingerprint density at radius 2 is 1.29 bits per heavy atom. The molecule has 0 saturated carbocycles. The smallest absolute Gasteiger partial charge is 0.335 e. The van der Waals surface area contributed by atoms with Gasteiger partial charge >= 0.3 is 5.97 Å². The average molecular weight is 466 g/mol. The van der Waals surface area contributed by atoms with Crippen LogP contribution in [0.3, 0.4) is 0 Å². The Morgan fingerprint density at radius 3 is 1.71 bits per heavy atom. The summed E-state index contributed by atoms with van der Waals surface area (Å²) in [6.07, 6.45) is 0. The number of likely N-dealkylation sites (tertiary alicyclic amines) is 1. The second kappa shape index (κ2) is 7.63. The molecule has 174 valence electrons. The second-order valence-corrected chi connectivity index (χ2v) is 9.31. The van der Waals surface area contributed by atoms with Gasteiger partial charge in [0, 0.05) is 24.4 Å². The summed E-state index contributed by atoms with van der Waals surface area (Å²) < 4.78 is 0. The lowest BCUT2D eigenvalue weighted by molar-refractivity contribution is -0.140. The molecule has 3 aromatic carbocycles. The number of rotatable bonds is 4. The molecule has 2 bridgehead atoms. The third-order valence-corrected chi connectivity index (χ3v) is 7.61. The fraction of sp³-hybridized carbons (Fsp3) is 0.214. The molecule has 1 saturated heterocycles. The van der Waals surface area contributed by atoms with Crippen LogP contribution in [-0.2, 0) is 14.4 Å². The Labute approximate surface area is 201 Å². The molecule has 3 aliphatic carbocycles. The number of imide groups is 1. The summed E-state index contributed by atoms with van der Waals surface area (Å²) in [5.41, 5.74) is 4.67. The van der Waals surface area contributed by atoms with Crippen molar-refractivity contribution in [2.45, 2.75) is 18.8 Å². The highest BCUT2D eigenvalue weighted by Gasteiger charge is 2.61. The van der Waals surface area contributed by atoms with Crippen LogP contribution in [0.2, 0.25) is 0 Å². The average Bonchev–Trinajstić information content (AvgIpc) is 3.12. The minimum atomic E-state index is -1.12. The number of carbonyl (C=O) groups excluding carboxylic acids is 3. The van der Waals surface area contributed by atoms with Crippen molar-refractivity contribution in [3.63, 3.8) is 0 Å². The largest absolute Gasteiger partial charge is 0.478 e. The summed E-state index contributed by atoms with van der Waals surface area (Å²) in [4.78, 5) is 54.1. The fourth-order valence-electron chi connectivity index (χ4n) is 6.19. The maximum atomic E-state index is 13.8. The van der Waals surface area contributed by atoms with Gasteiger partial charge in [0.1, 0.15) is 6.67 Å². The molecule has 3 aromatic rings. The summed E-state index contributed by atoms with van der Waals surface area (Å²) in [6.45, 7) is 1.08. The molecule has 0 aromatic heterocycles. The molecule has 7 nitrogen and oxygen atoms in total. The van der Waals surface area contributed by atoms with Crippen LogP contribution in [0.5, 0.6) is 0 Å². The highest BCUT2D eigenvalue weighted by atomic mass is 16.4. The van der Waals surface area contributed by atoms with Gasteiger partial charge in [-0.05, 0) is 40.5 Å². The van der Waals surface area contributed by atoms with Crippen LogP contribution in [0.15, 0.2) is 72.8 Å². The van der Waals surface area contributed by atoms with Gasteiger partial charge in [-0.15, -0.1) is 0 Å². The van der Waals surface area contributed by atoms with Crippen molar-refractivity contribution in [1.82, 2.24) is 4.90 Å². The first kappa shape index (κ1) is 21.3. The normalized spacial score (nSPS) is 23.5. The fourth-order valence-corrected chi connectivity index (χ4v) is 6.19. The molecule has 0 spiro atoms. The predicted octanol–water partition coefficient (Wildman–Crippen LogP) is 3.59. The molecule has 7 rings (SSSR count). The molecular weight excluding hydrogens is 444 g/mol. The van der Waals surface area contributed by atoms with E-state index in [1.807, 2.05) is 48.5 Å². The highest BCUT2D eigenvalue weighted by molar-refractivity contribution is 6.08. The molecule has 1 fully saturated rings. The molecule has 3 amide bonds. The lowest BCUT2D eigenvalue weighted by atomic mass is 9.55. The maximum Gasteiger partial charge on any atom is 0.335 e. The third-order valence-electron chi connectivity index (χ3n) is 7.61. The van der Waals surface area contributed by atoms with Gasteiger partial charge in [0.2, 0.25) is 17.7 Å². The summed E-state index contributed by atoms with van der Waals surface area (Å²) in [5.74, 6) is -3.61. The van der Waals surface area contributed by atoms with E-state index in [-0.39, 0.29) is 35.9 Å². The van der Waals surface area contributed by atoms with Crippen LogP contribution in [0.25, 0.3) is 0 Å². The van der Waals surface area contributed by atoms with E-state index < -0.39 is 23.7 Å². The molecule has 7 heteroatoms. The third kappa shape index (κ3) is 2.97. The number of carboxylic acids is 1. The van der Waals surface area contributed by atoms with Crippen LogP contribution < -0.4 is 4.90 Å². The SMILES string of the molecule is CC(=O)N(CN1C(=O)[C@H]2C3c4ccccc4C(c4ccccc43)[C@@H]2C1=O)c1cccc(C(=O)O)c1. The molecule has 1 heterocycles. The lowest BCUT2D eigenvalue weighted by Gasteiger charge is -2.45. The topological polar surface area (TPSA) is 95.0 Å². The molecular formula is C28H22N2O5. The summed E-state index contributed by atoms with van der Waals surface area (Å²) in [5, 5.41) is 9.35. The van der Waals surface area contributed by atoms with E-state index in [0.717, 1.165) is 22.3 Å². The van der Waals surface area contributed by atoms with E-state index in [4.69, 9.17) is 0 Å². The lowest BCUT2D eigenvalue weighted by Crippen LogP contribution is -2.44. The van der Waals surface area contributed by atoms with E-state index in [2.05, 4.69) is 0 Å². The quantitative estimate of drug-likeness (QED) is 0.593. The van der Waals surface area contributed by atoms with E-state index in [9.17, 15) is 24.3 Å². The first-order valence-electron chi connectivity index (χ1n) is 11.5. The number of hydrogen-bond donors (Lipinski definition) is 1. The number of aromatic carboxylic acids is 1. The zero-order valence-corrected chi connectivity index (χ0v) is 18.9. The number of hydrogen-bond acceptors (Lipinski definition) is 4. The standard InChI is InChI=1S/C28H22N2O5/c1-15(31)29(17-8-6-7-16(13-17)28(34)35)14-30-26(32)24-22-18-9-2-3-10-19(18)23(25(24)27(30)33)21-12-5-4-11-20(21)22/h2-13,22-25H,14H2,1H3,(H,34,35)/t22?,23?,24-,25-/m0/s1. The van der Waals surface area contributed by atoms with Crippen molar-refractivity contribution < 1.29 is 24.3 Å². The maximum absolute atomic E-state index is 13.8. The van der Waals surface area contributed by atoms with E-state index in [0.29, 0.717) is 5.69 Å². The molecule has 2 atom stereocenters. The molecule has 1 N–H and O–H groups in total. The van der Waals surface area contributed by atoms with Gasteiger partial charge in [-0.3, -0.25) is 24.2 Å². The van der Waals surface area contributed by atoms with Gasteiger partial charge < -0.3 is 5.11 Å². The van der Waals surface area contributed by atoms with Crippen molar-refractivity contribution in [3.8, 4) is 0 Å². The highest BCUT2D eigenvalue weighted by Crippen LogP contribution is 2.60. The van der Waals surface area contributed by atoms with Gasteiger partial charge in [-0.25, -0.2) is 4.79 Å². The minimum Gasteiger partial charge on any atom is -0.478 e. The number of amides is 3. The van der Waals surface area contributed by atoms with Gasteiger partial charge in [0.25, 0.3) is 0 Å². The Kier molecular flexibility index (Phi) is 4.64. The summed E-state index contributed by atoms with van der Waals surface area (Å²) in [7, 11) is 0. The van der Waals surface area contributed by atoms with E-state index in [1.165, 1.54) is 34.9 Å². The number of carbonyl (C=O) groups is 4. The minimum absolute atomic E-state index is 0.0189. The van der Waals surface area contributed by atoms with Gasteiger partial charge in [-0.1, -0.05) is 54.6 Å². The van der Waals surface area contributed by atoms with Crippen LogP contribution in [0.4, 0.5) is 5.69 Å². The Balaban J connectivity index is 1.41. The molecule has 4 aliphatic rings. The zero-order valence-electron chi connectivity index (χ0n) is 18.9. The van der Waals surface area contributed by atoms with Crippen LogP contribution >= 0.6 is 0 Å². The van der Waals surface area contributed by atoms with Gasteiger partial charge in [-0.2, -0.15) is 0 Å². The van der Waals surface area contributed by atoms with Crippen molar-refractivity contribution >= 4 is 29.4 Å².